The van der Waals surface area contributed by atoms with Gasteiger partial charge in [-0.05, 0) is 18.9 Å². The largest absolute Gasteiger partial charge is 0.325 e. The Hall–Kier alpha value is -6.84. The van der Waals surface area contributed by atoms with Crippen LogP contribution in [0.3, 0.4) is 0 Å². The first kappa shape index (κ1) is 30.6. The molecule has 2 saturated carbocycles. The minimum Gasteiger partial charge on any atom is -0.325 e. The highest BCUT2D eigenvalue weighted by Crippen LogP contribution is 2.56. The molecule has 3 aromatic heterocycles. The molecule has 16 heteroatoms. The van der Waals surface area contributed by atoms with E-state index in [2.05, 4.69) is 9.97 Å². The average molecular weight is 731 g/mol. The number of hydrogen-bond acceptors (Lipinski definition) is 14. The van der Waals surface area contributed by atoms with Crippen LogP contribution in [-0.4, -0.2) is 86.1 Å². The van der Waals surface area contributed by atoms with Crippen molar-refractivity contribution in [2.45, 2.75) is 37.5 Å². The Bertz CT molecular complexity index is 2960. The van der Waals surface area contributed by atoms with Gasteiger partial charge in [-0.1, -0.05) is 31.2 Å². The number of carbonyl (C=O) groups excluding carboxylic acids is 8. The number of rotatable bonds is 1. The van der Waals surface area contributed by atoms with E-state index in [-0.39, 0.29) is 58.7 Å². The number of aromatic amines is 2. The third kappa shape index (κ3) is 3.61. The Labute approximate surface area is 306 Å². The second kappa shape index (κ2) is 9.82. The molecule has 2 N–H and O–H groups in total. The summed E-state index contributed by atoms with van der Waals surface area (Å²) in [6, 6.07) is 1.57. The van der Waals surface area contributed by atoms with E-state index >= 15 is 0 Å². The Morgan fingerprint density at radius 2 is 0.909 bits per heavy atom. The highest BCUT2D eigenvalue weighted by Gasteiger charge is 2.57. The summed E-state index contributed by atoms with van der Waals surface area (Å²) in [5.41, 5.74) is 3.55. The Balaban J connectivity index is 1.22. The summed E-state index contributed by atoms with van der Waals surface area (Å²) in [6.45, 7) is 1.63. The number of Topliss-reactive ketones (excluding diaryl/α,β-unsaturated/α-hetero) is 8. The molecular weight excluding hydrogens is 708 g/mol. The molecule has 0 saturated heterocycles. The molecule has 0 radical (unpaired) electrons. The smallest absolute Gasteiger partial charge is 0.210 e. The molecule has 16 nitrogen and oxygen atoms in total. The van der Waals surface area contributed by atoms with Crippen LogP contribution in [0.2, 0.25) is 0 Å². The first-order valence-corrected chi connectivity index (χ1v) is 17.9. The molecule has 13 rings (SSSR count). The molecule has 8 aliphatic carbocycles. The molecule has 8 unspecified atom stereocenters. The number of nitrogens with zero attached hydrogens (tertiary/aromatic N) is 6. The molecule has 5 heterocycles. The molecule has 0 spiro atoms. The standard InChI is InChI=1S/C39H22N8O8/c1-9-2-3-10(26(49)25(9)48)13-8-18-40-33(13)42-35-19-11-4-5-12(28(51)27(11)50)20(19)36(44-35)45-38-23-16-7-17(32(55)31(16)54)24(23)39(47-38)46-37-22-15-6-14(29(52)30(15)53)21(22)34(41-18)43-37/h2-5,8-12,14-17H,6-7H2,1H3,(H2,40,41,42,43,44,45,46,47). The van der Waals surface area contributed by atoms with Crippen LogP contribution in [0.1, 0.15) is 77.5 Å². The van der Waals surface area contributed by atoms with E-state index in [1.165, 1.54) is 0 Å². The topological polar surface area (TPSA) is 245 Å². The van der Waals surface area contributed by atoms with Gasteiger partial charge in [0.15, 0.2) is 23.3 Å². The fourth-order valence-corrected chi connectivity index (χ4v) is 10.0. The summed E-state index contributed by atoms with van der Waals surface area (Å²) in [4.78, 5) is 141. The van der Waals surface area contributed by atoms with Crippen molar-refractivity contribution in [2.24, 2.45) is 29.6 Å². The Kier molecular flexibility index (Phi) is 5.46. The quantitative estimate of drug-likeness (QED) is 0.267. The lowest BCUT2D eigenvalue weighted by Gasteiger charge is -2.29. The van der Waals surface area contributed by atoms with Crippen molar-refractivity contribution < 1.29 is 38.4 Å². The molecule has 2 aliphatic heterocycles. The van der Waals surface area contributed by atoms with Gasteiger partial charge in [0.05, 0.1) is 41.4 Å². The van der Waals surface area contributed by atoms with Crippen LogP contribution in [-0.2, 0) is 38.4 Å². The normalized spacial score (nSPS) is 30.9. The molecular formula is C39H22N8O8. The lowest BCUT2D eigenvalue weighted by molar-refractivity contribution is -0.138. The third-order valence-corrected chi connectivity index (χ3v) is 12.6. The van der Waals surface area contributed by atoms with Crippen LogP contribution in [0.4, 0.5) is 0 Å². The van der Waals surface area contributed by atoms with Gasteiger partial charge in [-0.2, -0.15) is 0 Å². The van der Waals surface area contributed by atoms with Crippen molar-refractivity contribution >= 4 is 91.1 Å². The van der Waals surface area contributed by atoms with E-state index in [0.29, 0.717) is 39.0 Å². The predicted octanol–water partition coefficient (Wildman–Crippen LogP) is 1.61. The monoisotopic (exact) mass is 730 g/mol. The number of nitrogens with one attached hydrogen (secondary N) is 2. The fourth-order valence-electron chi connectivity index (χ4n) is 10.0. The molecule has 14 bridgehead atoms. The van der Waals surface area contributed by atoms with Gasteiger partial charge in [0.2, 0.25) is 46.3 Å². The van der Waals surface area contributed by atoms with Crippen LogP contribution in [0, 0.1) is 29.6 Å². The van der Waals surface area contributed by atoms with E-state index in [0.717, 1.165) is 0 Å². The van der Waals surface area contributed by atoms with Gasteiger partial charge in [0.25, 0.3) is 0 Å². The van der Waals surface area contributed by atoms with Gasteiger partial charge in [-0.25, -0.2) is 29.9 Å². The highest BCUT2D eigenvalue weighted by atomic mass is 16.2. The number of aromatic nitrogens is 8. The van der Waals surface area contributed by atoms with Gasteiger partial charge < -0.3 is 9.97 Å². The number of carbonyl (C=O) groups is 8. The summed E-state index contributed by atoms with van der Waals surface area (Å²) in [5, 5.41) is 0. The summed E-state index contributed by atoms with van der Waals surface area (Å²) in [6.07, 6.45) is 6.96. The van der Waals surface area contributed by atoms with Crippen molar-refractivity contribution in [3.05, 3.63) is 70.4 Å². The van der Waals surface area contributed by atoms with Crippen molar-refractivity contribution in [1.29, 1.82) is 0 Å². The second-order valence-corrected chi connectivity index (χ2v) is 15.3. The molecule has 8 atom stereocenters. The van der Waals surface area contributed by atoms with E-state index in [1.54, 1.807) is 37.3 Å². The van der Waals surface area contributed by atoms with Crippen LogP contribution in [0.5, 0.6) is 0 Å². The zero-order valence-corrected chi connectivity index (χ0v) is 28.4. The van der Waals surface area contributed by atoms with Crippen LogP contribution < -0.4 is 0 Å². The zero-order valence-electron chi connectivity index (χ0n) is 28.4. The zero-order chi connectivity index (χ0) is 37.5. The average Bonchev–Trinajstić information content (AvgIpc) is 4.04. The third-order valence-electron chi connectivity index (χ3n) is 12.6. The molecule has 0 aromatic carbocycles. The van der Waals surface area contributed by atoms with Crippen LogP contribution in [0.15, 0.2) is 30.4 Å². The maximum absolute atomic E-state index is 13.5. The SMILES string of the molecule is CC1C=CC(c2cc3nc4[nH]c(nc5nc(nc6nc(nc2[nH]3)C2=C6C3C=CC2C(=O)C3=O)C2=C5C3CC2C(=O)C3=O)c2c4C3CC2C(=O)C3=O)C(=O)C1=O. The second-order valence-electron chi connectivity index (χ2n) is 15.3. The maximum Gasteiger partial charge on any atom is 0.210 e. The van der Waals surface area contributed by atoms with Crippen LogP contribution in [0.25, 0.3) is 44.9 Å². The highest BCUT2D eigenvalue weighted by molar-refractivity contribution is 6.49. The van der Waals surface area contributed by atoms with Crippen LogP contribution >= 0.6 is 0 Å². The molecule has 3 aromatic rings. The van der Waals surface area contributed by atoms with E-state index in [1.807, 2.05) is 0 Å². The summed E-state index contributed by atoms with van der Waals surface area (Å²) < 4.78 is 0. The van der Waals surface area contributed by atoms with Crippen molar-refractivity contribution in [3.8, 4) is 0 Å². The van der Waals surface area contributed by atoms with Crippen molar-refractivity contribution in [3.63, 3.8) is 0 Å². The minimum absolute atomic E-state index is 0.0352. The fraction of sp³-hybridized carbons (Fsp3) is 0.282. The predicted molar refractivity (Wildman–Crippen MR) is 185 cm³/mol. The lowest BCUT2D eigenvalue weighted by atomic mass is 9.70. The summed E-state index contributed by atoms with van der Waals surface area (Å²) in [5.74, 6) is -11.3. The first-order valence-electron chi connectivity index (χ1n) is 17.9. The van der Waals surface area contributed by atoms with E-state index < -0.39 is 93.6 Å². The Morgan fingerprint density at radius 3 is 1.53 bits per heavy atom. The number of allylic oxidation sites excluding steroid dienone is 8. The molecule has 2 fully saturated rings. The number of ketones is 8. The molecule has 10 aliphatic rings. The maximum atomic E-state index is 13.5. The number of fused-ring (bicyclic) bond motifs is 22. The van der Waals surface area contributed by atoms with Gasteiger partial charge in [0, 0.05) is 44.9 Å². The van der Waals surface area contributed by atoms with Gasteiger partial charge in [-0.3, -0.25) is 38.4 Å². The molecule has 266 valence electrons. The Morgan fingerprint density at radius 1 is 0.455 bits per heavy atom. The molecule has 0 amide bonds. The summed E-state index contributed by atoms with van der Waals surface area (Å²) in [7, 11) is 0. The van der Waals surface area contributed by atoms with E-state index in [9.17, 15) is 38.4 Å². The first-order chi connectivity index (χ1) is 26.5. The van der Waals surface area contributed by atoms with Gasteiger partial charge in [-0.15, -0.1) is 0 Å². The number of H-pyrrole nitrogens is 2. The van der Waals surface area contributed by atoms with Gasteiger partial charge in [0.1, 0.15) is 22.6 Å². The minimum atomic E-state index is -1.04. The lowest BCUT2D eigenvalue weighted by Crippen LogP contribution is -2.38. The molecule has 55 heavy (non-hydrogen) atoms. The van der Waals surface area contributed by atoms with E-state index in [4.69, 9.17) is 29.9 Å². The van der Waals surface area contributed by atoms with Crippen molar-refractivity contribution in [1.82, 2.24) is 39.9 Å². The summed E-state index contributed by atoms with van der Waals surface area (Å²) >= 11 is 0. The van der Waals surface area contributed by atoms with Gasteiger partial charge >= 0.3 is 0 Å². The van der Waals surface area contributed by atoms with Crippen molar-refractivity contribution in [2.75, 3.05) is 0 Å². The number of hydrogen-bond donors (Lipinski definition) is 2.